The molecule has 0 saturated heterocycles. The lowest BCUT2D eigenvalue weighted by Crippen LogP contribution is -2.29. The van der Waals surface area contributed by atoms with Gasteiger partial charge in [-0.3, -0.25) is 19.5 Å². The van der Waals surface area contributed by atoms with E-state index in [1.54, 1.807) is 45.2 Å². The maximum Gasteiger partial charge on any atom is 0.413 e. The Morgan fingerprint density at radius 2 is 2.07 bits per heavy atom. The van der Waals surface area contributed by atoms with Gasteiger partial charge in [0.2, 0.25) is 6.41 Å². The monoisotopic (exact) mass is 372 g/mol. The Morgan fingerprint density at radius 3 is 2.67 bits per heavy atom. The van der Waals surface area contributed by atoms with E-state index >= 15 is 0 Å². The summed E-state index contributed by atoms with van der Waals surface area (Å²) >= 11 is 0. The minimum absolute atomic E-state index is 0.179. The van der Waals surface area contributed by atoms with E-state index < -0.39 is 11.7 Å². The molecule has 0 atom stereocenters. The lowest BCUT2D eigenvalue weighted by Gasteiger charge is -2.21. The maximum atomic E-state index is 12.4. The quantitative estimate of drug-likeness (QED) is 0.758. The van der Waals surface area contributed by atoms with Gasteiger partial charge in [-0.05, 0) is 39.3 Å². The van der Waals surface area contributed by atoms with Crippen molar-refractivity contribution in [3.8, 4) is 5.69 Å². The van der Waals surface area contributed by atoms with Crippen LogP contribution in [0, 0.1) is 0 Å². The van der Waals surface area contributed by atoms with Gasteiger partial charge < -0.3 is 10.1 Å². The predicted molar refractivity (Wildman–Crippen MR) is 102 cm³/mol. The summed E-state index contributed by atoms with van der Waals surface area (Å²) in [5.74, 6) is 0.194. The molecule has 2 N–H and O–H groups in total. The number of nitrogens with zero attached hydrogens (tertiary/aromatic N) is 2. The lowest BCUT2D eigenvalue weighted by molar-refractivity contribution is -0.109. The highest BCUT2D eigenvalue weighted by molar-refractivity contribution is 5.86. The summed E-state index contributed by atoms with van der Waals surface area (Å²) in [7, 11) is 0. The van der Waals surface area contributed by atoms with Crippen LogP contribution in [0.3, 0.4) is 0 Å². The lowest BCUT2D eigenvalue weighted by atomic mass is 10.1. The van der Waals surface area contributed by atoms with Gasteiger partial charge in [0, 0.05) is 30.1 Å². The second-order valence-electron chi connectivity index (χ2n) is 6.86. The summed E-state index contributed by atoms with van der Waals surface area (Å²) in [4.78, 5) is 39.9. The van der Waals surface area contributed by atoms with Crippen LogP contribution in [0.15, 0.2) is 35.3 Å². The Hall–Kier alpha value is -3.16. The molecule has 8 nitrogen and oxygen atoms in total. The molecule has 2 rings (SSSR count). The second-order valence-corrected chi connectivity index (χ2v) is 6.86. The summed E-state index contributed by atoms with van der Waals surface area (Å²) in [6, 6.07) is 6.52. The Balaban J connectivity index is 2.61. The molecule has 0 saturated carbocycles. The minimum Gasteiger partial charge on any atom is -0.444 e. The number of ether oxygens (including phenoxy) is 1. The number of carbonyl (C=O) groups excluding carboxylic acids is 2. The zero-order chi connectivity index (χ0) is 20.0. The number of aromatic nitrogens is 2. The zero-order valence-electron chi connectivity index (χ0n) is 15.9. The first-order chi connectivity index (χ1) is 12.7. The highest BCUT2D eigenvalue weighted by Crippen LogP contribution is 2.24. The Morgan fingerprint density at radius 1 is 1.33 bits per heavy atom. The van der Waals surface area contributed by atoms with Gasteiger partial charge in [0.15, 0.2) is 5.82 Å². The van der Waals surface area contributed by atoms with Crippen molar-refractivity contribution in [3.63, 3.8) is 0 Å². The first kappa shape index (κ1) is 20.2. The molecule has 0 aliphatic heterocycles. The average Bonchev–Trinajstić information content (AvgIpc) is 2.58. The Labute approximate surface area is 157 Å². The number of rotatable bonds is 6. The Bertz CT molecular complexity index is 884. The fourth-order valence-corrected chi connectivity index (χ4v) is 2.49. The molecule has 0 bridgehead atoms. The molecule has 0 aliphatic carbocycles. The Kier molecular flexibility index (Phi) is 6.33. The molecule has 144 valence electrons. The maximum absolute atomic E-state index is 12.4. The molecule has 2 aromatic rings. The molecular formula is C19H24N4O4. The molecule has 2 heterocycles. The van der Waals surface area contributed by atoms with Crippen molar-refractivity contribution in [2.75, 3.05) is 5.32 Å². The number of amides is 2. The SMILES string of the molecule is CCc1cc(CNC=O)c(-n2ccccc2=O)c(NC(=O)OC(C)(C)C)n1. The van der Waals surface area contributed by atoms with Crippen molar-refractivity contribution in [3.05, 3.63) is 52.1 Å². The molecule has 0 spiro atoms. The van der Waals surface area contributed by atoms with Crippen LogP contribution in [0.25, 0.3) is 5.69 Å². The molecular weight excluding hydrogens is 348 g/mol. The topological polar surface area (TPSA) is 102 Å². The number of pyridine rings is 2. The predicted octanol–water partition coefficient (Wildman–Crippen LogP) is 2.39. The van der Waals surface area contributed by atoms with Gasteiger partial charge >= 0.3 is 6.09 Å². The van der Waals surface area contributed by atoms with Crippen LogP contribution in [0.4, 0.5) is 10.6 Å². The molecule has 2 aromatic heterocycles. The van der Waals surface area contributed by atoms with E-state index in [9.17, 15) is 14.4 Å². The van der Waals surface area contributed by atoms with Crippen molar-refractivity contribution in [1.82, 2.24) is 14.9 Å². The molecule has 0 unspecified atom stereocenters. The summed E-state index contributed by atoms with van der Waals surface area (Å²) < 4.78 is 6.68. The number of carbonyl (C=O) groups is 2. The third-order valence-corrected chi connectivity index (χ3v) is 3.55. The first-order valence-electron chi connectivity index (χ1n) is 8.63. The normalized spacial score (nSPS) is 11.0. The molecule has 2 amide bonds. The van der Waals surface area contributed by atoms with Crippen molar-refractivity contribution >= 4 is 18.3 Å². The van der Waals surface area contributed by atoms with Gasteiger partial charge in [0.1, 0.15) is 5.60 Å². The largest absolute Gasteiger partial charge is 0.444 e. The van der Waals surface area contributed by atoms with Gasteiger partial charge in [-0.15, -0.1) is 0 Å². The average molecular weight is 372 g/mol. The van der Waals surface area contributed by atoms with Gasteiger partial charge in [-0.25, -0.2) is 9.78 Å². The fraction of sp³-hybridized carbons (Fsp3) is 0.368. The second kappa shape index (κ2) is 8.48. The number of nitrogens with one attached hydrogen (secondary N) is 2. The van der Waals surface area contributed by atoms with Crippen LogP contribution < -0.4 is 16.2 Å². The van der Waals surface area contributed by atoms with Crippen LogP contribution in [0.1, 0.15) is 39.0 Å². The van der Waals surface area contributed by atoms with E-state index in [-0.39, 0.29) is 17.9 Å². The molecule has 0 radical (unpaired) electrons. The summed E-state index contributed by atoms with van der Waals surface area (Å²) in [5.41, 5.74) is 0.768. The van der Waals surface area contributed by atoms with E-state index in [0.717, 1.165) is 0 Å². The molecule has 0 fully saturated rings. The van der Waals surface area contributed by atoms with Crippen LogP contribution in [0.5, 0.6) is 0 Å². The van der Waals surface area contributed by atoms with E-state index in [1.807, 2.05) is 6.92 Å². The van der Waals surface area contributed by atoms with Crippen LogP contribution in [-0.2, 0) is 22.5 Å². The molecule has 0 aliphatic rings. The third kappa shape index (κ3) is 5.40. The number of hydrogen-bond donors (Lipinski definition) is 2. The smallest absolute Gasteiger partial charge is 0.413 e. The first-order valence-corrected chi connectivity index (χ1v) is 8.63. The van der Waals surface area contributed by atoms with Crippen LogP contribution in [-0.4, -0.2) is 27.7 Å². The standard InChI is InChI=1S/C19H24N4O4/c1-5-14-10-13(11-20-12-24)16(23-9-7-6-8-15(23)25)17(21-14)22-18(26)27-19(2,3)4/h6-10,12H,5,11H2,1-4H3,(H,20,24)(H,21,22,26). The molecule has 27 heavy (non-hydrogen) atoms. The summed E-state index contributed by atoms with van der Waals surface area (Å²) in [5, 5.41) is 5.23. The van der Waals surface area contributed by atoms with Crippen LogP contribution in [0.2, 0.25) is 0 Å². The third-order valence-electron chi connectivity index (χ3n) is 3.55. The number of hydrogen-bond acceptors (Lipinski definition) is 5. The van der Waals surface area contributed by atoms with Crippen molar-refractivity contribution in [2.24, 2.45) is 0 Å². The van der Waals surface area contributed by atoms with E-state index in [0.29, 0.717) is 29.8 Å². The van der Waals surface area contributed by atoms with Crippen LogP contribution >= 0.6 is 0 Å². The van der Waals surface area contributed by atoms with E-state index in [2.05, 4.69) is 15.6 Å². The van der Waals surface area contributed by atoms with E-state index in [4.69, 9.17) is 4.74 Å². The highest BCUT2D eigenvalue weighted by Gasteiger charge is 2.21. The van der Waals surface area contributed by atoms with Crippen molar-refractivity contribution < 1.29 is 14.3 Å². The van der Waals surface area contributed by atoms with Crippen molar-refractivity contribution in [1.29, 1.82) is 0 Å². The minimum atomic E-state index is -0.682. The molecule has 0 aromatic carbocycles. The number of anilines is 1. The fourth-order valence-electron chi connectivity index (χ4n) is 2.49. The van der Waals surface area contributed by atoms with Crippen molar-refractivity contribution in [2.45, 2.75) is 46.3 Å². The molecule has 8 heteroatoms. The number of aryl methyl sites for hydroxylation is 1. The van der Waals surface area contributed by atoms with Gasteiger partial charge in [0.25, 0.3) is 5.56 Å². The zero-order valence-corrected chi connectivity index (χ0v) is 15.9. The summed E-state index contributed by atoms with van der Waals surface area (Å²) in [6.07, 6.45) is 2.09. The van der Waals surface area contributed by atoms with Gasteiger partial charge in [0.05, 0.1) is 5.69 Å². The summed E-state index contributed by atoms with van der Waals surface area (Å²) in [6.45, 7) is 7.36. The van der Waals surface area contributed by atoms with Gasteiger partial charge in [-0.1, -0.05) is 13.0 Å². The van der Waals surface area contributed by atoms with E-state index in [1.165, 1.54) is 10.6 Å². The van der Waals surface area contributed by atoms with Gasteiger partial charge in [-0.2, -0.15) is 0 Å². The highest BCUT2D eigenvalue weighted by atomic mass is 16.6.